The van der Waals surface area contributed by atoms with Crippen LogP contribution in [0.25, 0.3) is 0 Å². The largest absolute Gasteiger partial charge is 0.510 e. The minimum absolute atomic E-state index is 0.219. The number of fused-ring (bicyclic) bond motifs is 3. The number of nitrogens with zero attached hydrogens (tertiary/aromatic N) is 2. The first kappa shape index (κ1) is 23.3. The molecule has 0 fully saturated rings. The standard InChI is InChI=1S/C21H20FN3O9/c1-24(2)14-8-4-6-3-7-9(22)5-10(25(33)34)15(26)12(7)16(27)11(6)18(29)21(8,32)19(30)13(17(14)28)20(23)31/h5-6,8,14,26,28-29,32H,3-4H2,1-2H3,(H2,23,31)/t6-,8-,14-,21-/m0/s1. The van der Waals surface area contributed by atoms with Crippen molar-refractivity contribution in [3.8, 4) is 5.75 Å². The van der Waals surface area contributed by atoms with Gasteiger partial charge in [-0.25, -0.2) is 4.39 Å². The van der Waals surface area contributed by atoms with Crippen molar-refractivity contribution in [3.63, 3.8) is 0 Å². The quantitative estimate of drug-likeness (QED) is 0.227. The first-order chi connectivity index (χ1) is 15.7. The molecule has 4 atom stereocenters. The third kappa shape index (κ3) is 2.80. The van der Waals surface area contributed by atoms with Gasteiger partial charge in [-0.05, 0) is 32.9 Å². The molecule has 0 saturated heterocycles. The summed E-state index contributed by atoms with van der Waals surface area (Å²) >= 11 is 0. The second-order valence-electron chi connectivity index (χ2n) is 8.80. The third-order valence-electron chi connectivity index (χ3n) is 6.84. The number of nitro benzene ring substituents is 1. The molecule has 3 aliphatic rings. The average molecular weight is 477 g/mol. The van der Waals surface area contributed by atoms with Crippen molar-refractivity contribution in [3.05, 3.63) is 55.8 Å². The number of aromatic hydroxyl groups is 1. The molecule has 1 aromatic carbocycles. The van der Waals surface area contributed by atoms with Gasteiger partial charge in [-0.2, -0.15) is 0 Å². The number of hydrogen-bond acceptors (Lipinski definition) is 10. The molecule has 0 aliphatic heterocycles. The topological polar surface area (TPSA) is 205 Å². The third-order valence-corrected chi connectivity index (χ3v) is 6.84. The summed E-state index contributed by atoms with van der Waals surface area (Å²) in [5.74, 6) is -10.3. The van der Waals surface area contributed by atoms with Crippen LogP contribution in [0.3, 0.4) is 0 Å². The monoisotopic (exact) mass is 477 g/mol. The van der Waals surface area contributed by atoms with Crippen molar-refractivity contribution in [1.82, 2.24) is 4.90 Å². The second-order valence-corrected chi connectivity index (χ2v) is 8.80. The SMILES string of the molecule is CN(C)[C@@H]1C(O)=C(C(N)=O)C(=O)[C@@]2(O)C(O)=C3C(=O)c4c(O)c([N+](=O)[O-])cc(F)c4C[C@H]3C[C@@H]12. The lowest BCUT2D eigenvalue weighted by Gasteiger charge is -2.50. The summed E-state index contributed by atoms with van der Waals surface area (Å²) in [6.45, 7) is 0. The fraction of sp³-hybridized carbons (Fsp3) is 0.381. The number of aliphatic hydroxyl groups is 3. The van der Waals surface area contributed by atoms with Gasteiger partial charge in [-0.3, -0.25) is 29.4 Å². The van der Waals surface area contributed by atoms with Crippen molar-refractivity contribution in [1.29, 1.82) is 0 Å². The Morgan fingerprint density at radius 2 is 1.91 bits per heavy atom. The number of primary amides is 1. The summed E-state index contributed by atoms with van der Waals surface area (Å²) in [6.07, 6.45) is -0.519. The summed E-state index contributed by atoms with van der Waals surface area (Å²) in [5.41, 5.74) is -1.25. The van der Waals surface area contributed by atoms with Crippen LogP contribution in [0, 0.1) is 27.8 Å². The molecule has 0 bridgehead atoms. The van der Waals surface area contributed by atoms with Crippen LogP contribution in [0.4, 0.5) is 10.1 Å². The zero-order valence-electron chi connectivity index (χ0n) is 17.9. The number of phenols is 1. The maximum absolute atomic E-state index is 14.7. The smallest absolute Gasteiger partial charge is 0.314 e. The molecule has 1 aromatic rings. The van der Waals surface area contributed by atoms with Gasteiger partial charge in [0.05, 0.1) is 22.6 Å². The van der Waals surface area contributed by atoms with Gasteiger partial charge in [-0.1, -0.05) is 0 Å². The average Bonchev–Trinajstić information content (AvgIpc) is 2.72. The number of amides is 1. The predicted molar refractivity (Wildman–Crippen MR) is 110 cm³/mol. The number of nitrogens with two attached hydrogens (primary N) is 1. The van der Waals surface area contributed by atoms with Crippen LogP contribution < -0.4 is 5.73 Å². The van der Waals surface area contributed by atoms with Crippen LogP contribution >= 0.6 is 0 Å². The van der Waals surface area contributed by atoms with Gasteiger partial charge in [0, 0.05) is 17.1 Å². The Morgan fingerprint density at radius 1 is 1.29 bits per heavy atom. The molecule has 12 nitrogen and oxygen atoms in total. The van der Waals surface area contributed by atoms with Crippen LogP contribution in [0.5, 0.6) is 5.75 Å². The van der Waals surface area contributed by atoms with Gasteiger partial charge >= 0.3 is 5.69 Å². The number of benzene rings is 1. The summed E-state index contributed by atoms with van der Waals surface area (Å²) in [5, 5.41) is 54.6. The van der Waals surface area contributed by atoms with E-state index < -0.39 is 91.4 Å². The van der Waals surface area contributed by atoms with Crippen molar-refractivity contribution < 1.29 is 44.1 Å². The Labute approximate surface area is 190 Å². The van der Waals surface area contributed by atoms with E-state index in [9.17, 15) is 49.3 Å². The highest BCUT2D eigenvalue weighted by molar-refractivity contribution is 6.24. The number of hydrogen-bond donors (Lipinski definition) is 5. The summed E-state index contributed by atoms with van der Waals surface area (Å²) in [4.78, 5) is 49.8. The predicted octanol–water partition coefficient (Wildman–Crippen LogP) is 0.168. The van der Waals surface area contributed by atoms with E-state index in [2.05, 4.69) is 0 Å². The number of ketones is 2. The lowest BCUT2D eigenvalue weighted by atomic mass is 9.58. The highest BCUT2D eigenvalue weighted by atomic mass is 19.1. The molecule has 13 heteroatoms. The number of carbonyl (C=O) groups excluding carboxylic acids is 3. The van der Waals surface area contributed by atoms with Crippen molar-refractivity contribution in [2.45, 2.75) is 24.5 Å². The number of likely N-dealkylation sites (N-methyl/N-ethyl adjacent to an activating group) is 1. The Morgan fingerprint density at radius 3 is 2.44 bits per heavy atom. The maximum atomic E-state index is 14.7. The van der Waals surface area contributed by atoms with Crippen LogP contribution in [0.15, 0.2) is 28.7 Å². The van der Waals surface area contributed by atoms with Crippen molar-refractivity contribution in [2.75, 3.05) is 14.1 Å². The number of carbonyl (C=O) groups is 3. The fourth-order valence-electron chi connectivity index (χ4n) is 5.40. The molecular formula is C21H20FN3O9. The molecule has 0 spiro atoms. The van der Waals surface area contributed by atoms with E-state index in [4.69, 9.17) is 5.73 Å². The number of rotatable bonds is 3. The zero-order valence-corrected chi connectivity index (χ0v) is 17.9. The Bertz CT molecular complexity index is 1270. The first-order valence-electron chi connectivity index (χ1n) is 10.1. The minimum Gasteiger partial charge on any atom is -0.510 e. The first-order valence-corrected chi connectivity index (χ1v) is 10.1. The number of allylic oxidation sites excluding steroid dienone is 1. The number of phenolic OH excluding ortho intramolecular Hbond substituents is 1. The van der Waals surface area contributed by atoms with E-state index in [-0.39, 0.29) is 18.4 Å². The van der Waals surface area contributed by atoms with Crippen molar-refractivity contribution in [2.24, 2.45) is 17.6 Å². The van der Waals surface area contributed by atoms with Gasteiger partial charge < -0.3 is 26.2 Å². The molecule has 0 radical (unpaired) electrons. The molecule has 0 unspecified atom stereocenters. The van der Waals surface area contributed by atoms with Crippen LogP contribution in [-0.2, 0) is 16.0 Å². The van der Waals surface area contributed by atoms with E-state index in [1.54, 1.807) is 0 Å². The Balaban J connectivity index is 1.99. The molecule has 0 heterocycles. The zero-order chi connectivity index (χ0) is 25.4. The van der Waals surface area contributed by atoms with E-state index in [0.29, 0.717) is 6.07 Å². The highest BCUT2D eigenvalue weighted by Gasteiger charge is 2.63. The summed E-state index contributed by atoms with van der Waals surface area (Å²) < 4.78 is 14.7. The molecule has 4 rings (SSSR count). The molecule has 1 amide bonds. The number of aliphatic hydroxyl groups excluding tert-OH is 2. The molecule has 34 heavy (non-hydrogen) atoms. The number of nitro groups is 1. The van der Waals surface area contributed by atoms with Gasteiger partial charge in [0.2, 0.25) is 11.5 Å². The Hall–Kier alpha value is -3.84. The summed E-state index contributed by atoms with van der Waals surface area (Å²) in [7, 11) is 2.95. The van der Waals surface area contributed by atoms with Crippen LogP contribution in [0.2, 0.25) is 0 Å². The van der Waals surface area contributed by atoms with Gasteiger partial charge in [-0.15, -0.1) is 0 Å². The lowest BCUT2D eigenvalue weighted by Crippen LogP contribution is -2.63. The van der Waals surface area contributed by atoms with Gasteiger partial charge in [0.15, 0.2) is 11.4 Å². The second kappa shape index (κ2) is 7.33. The van der Waals surface area contributed by atoms with E-state index in [0.717, 1.165) is 0 Å². The highest BCUT2D eigenvalue weighted by Crippen LogP contribution is 2.53. The Kier molecular flexibility index (Phi) is 5.03. The summed E-state index contributed by atoms with van der Waals surface area (Å²) in [6, 6.07) is -0.698. The molecule has 180 valence electrons. The van der Waals surface area contributed by atoms with Crippen LogP contribution in [-0.4, -0.2) is 73.5 Å². The molecule has 3 aliphatic carbocycles. The van der Waals surface area contributed by atoms with E-state index in [1.807, 2.05) is 0 Å². The molecule has 0 aromatic heterocycles. The van der Waals surface area contributed by atoms with Crippen LogP contribution in [0.1, 0.15) is 22.3 Å². The fourth-order valence-corrected chi connectivity index (χ4v) is 5.40. The van der Waals surface area contributed by atoms with Gasteiger partial charge in [0.25, 0.3) is 5.91 Å². The van der Waals surface area contributed by atoms with Crippen molar-refractivity contribution >= 4 is 23.2 Å². The lowest BCUT2D eigenvalue weighted by molar-refractivity contribution is -0.386. The maximum Gasteiger partial charge on any atom is 0.314 e. The van der Waals surface area contributed by atoms with Gasteiger partial charge in [0.1, 0.15) is 22.9 Å². The minimum atomic E-state index is -2.85. The molecular weight excluding hydrogens is 457 g/mol. The molecule has 0 saturated carbocycles. The number of halogens is 1. The van der Waals surface area contributed by atoms with E-state index >= 15 is 0 Å². The van der Waals surface area contributed by atoms with E-state index in [1.165, 1.54) is 19.0 Å². The normalized spacial score (nSPS) is 28.6. The molecule has 6 N–H and O–H groups in total. The number of Topliss-reactive ketones (excluding diaryl/α,β-unsaturated/α-hetero) is 2.